The fourth-order valence-corrected chi connectivity index (χ4v) is 3.10. The Hall–Kier alpha value is -2.29. The maximum atomic E-state index is 12.1. The fourth-order valence-electron chi connectivity index (χ4n) is 3.10. The molecule has 1 N–H and O–H groups in total. The van der Waals surface area contributed by atoms with Crippen molar-refractivity contribution in [3.8, 4) is 5.75 Å². The molecule has 0 spiro atoms. The van der Waals surface area contributed by atoms with Gasteiger partial charge in [0.1, 0.15) is 5.75 Å². The third-order valence-corrected chi connectivity index (χ3v) is 4.55. The Balaban J connectivity index is 1.53. The van der Waals surface area contributed by atoms with Gasteiger partial charge in [-0.15, -0.1) is 0 Å². The number of amides is 1. The Morgan fingerprint density at radius 2 is 1.75 bits per heavy atom. The molecule has 1 aliphatic carbocycles. The van der Waals surface area contributed by atoms with E-state index >= 15 is 0 Å². The van der Waals surface area contributed by atoms with E-state index in [1.54, 1.807) is 0 Å². The van der Waals surface area contributed by atoms with Crippen LogP contribution in [0.4, 0.5) is 5.69 Å². The topological polar surface area (TPSA) is 38.3 Å². The van der Waals surface area contributed by atoms with E-state index < -0.39 is 0 Å². The third kappa shape index (κ3) is 4.16. The maximum absolute atomic E-state index is 12.1. The molecule has 126 valence electrons. The van der Waals surface area contributed by atoms with Crippen LogP contribution in [0.3, 0.4) is 0 Å². The number of fused-ring (bicyclic) bond motifs is 1. The second kappa shape index (κ2) is 7.52. The smallest absolute Gasteiger partial charge is 0.262 e. The van der Waals surface area contributed by atoms with Crippen molar-refractivity contribution in [1.82, 2.24) is 0 Å². The molecular weight excluding hydrogens is 298 g/mol. The second-order valence-electron chi connectivity index (χ2n) is 6.75. The molecule has 0 aliphatic heterocycles. The number of hydrogen-bond donors (Lipinski definition) is 1. The van der Waals surface area contributed by atoms with Gasteiger partial charge in [-0.3, -0.25) is 4.79 Å². The highest BCUT2D eigenvalue weighted by Gasteiger charge is 2.11. The molecule has 1 amide bonds. The fraction of sp³-hybridized carbons (Fsp3) is 0.381. The van der Waals surface area contributed by atoms with Crippen molar-refractivity contribution >= 4 is 11.6 Å². The third-order valence-electron chi connectivity index (χ3n) is 4.55. The zero-order valence-corrected chi connectivity index (χ0v) is 14.5. The molecular formula is C21H25NO2. The van der Waals surface area contributed by atoms with Crippen molar-refractivity contribution in [2.24, 2.45) is 0 Å². The van der Waals surface area contributed by atoms with Gasteiger partial charge in [0, 0.05) is 5.69 Å². The highest BCUT2D eigenvalue weighted by atomic mass is 16.5. The number of rotatable bonds is 5. The molecule has 2 aromatic carbocycles. The van der Waals surface area contributed by atoms with Crippen LogP contribution in [-0.2, 0) is 17.6 Å². The lowest BCUT2D eigenvalue weighted by atomic mass is 9.92. The highest BCUT2D eigenvalue weighted by Crippen LogP contribution is 2.25. The van der Waals surface area contributed by atoms with Crippen LogP contribution in [-0.4, -0.2) is 12.5 Å². The van der Waals surface area contributed by atoms with Crippen molar-refractivity contribution in [3.63, 3.8) is 0 Å². The van der Waals surface area contributed by atoms with E-state index in [1.807, 2.05) is 30.3 Å². The molecule has 3 rings (SSSR count). The van der Waals surface area contributed by atoms with Gasteiger partial charge < -0.3 is 10.1 Å². The lowest BCUT2D eigenvalue weighted by molar-refractivity contribution is -0.118. The Morgan fingerprint density at radius 3 is 2.46 bits per heavy atom. The van der Waals surface area contributed by atoms with E-state index in [0.29, 0.717) is 5.92 Å². The monoisotopic (exact) mass is 323 g/mol. The van der Waals surface area contributed by atoms with Gasteiger partial charge in [-0.05, 0) is 72.6 Å². The molecule has 2 aromatic rings. The quantitative estimate of drug-likeness (QED) is 0.865. The van der Waals surface area contributed by atoms with Crippen LogP contribution in [0.25, 0.3) is 0 Å². The van der Waals surface area contributed by atoms with Crippen LogP contribution in [0.5, 0.6) is 5.75 Å². The Morgan fingerprint density at radius 1 is 1.04 bits per heavy atom. The van der Waals surface area contributed by atoms with Gasteiger partial charge in [-0.1, -0.05) is 32.0 Å². The number of nitrogens with one attached hydrogen (secondary N) is 1. The number of anilines is 1. The first-order chi connectivity index (χ1) is 11.6. The molecule has 1 aliphatic rings. The normalized spacial score (nSPS) is 13.5. The molecule has 3 nitrogen and oxygen atoms in total. The van der Waals surface area contributed by atoms with E-state index in [2.05, 4.69) is 31.3 Å². The molecule has 0 radical (unpaired) electrons. The average molecular weight is 323 g/mol. The first kappa shape index (κ1) is 16.6. The predicted molar refractivity (Wildman–Crippen MR) is 97.7 cm³/mol. The molecule has 0 saturated heterocycles. The molecule has 0 unspecified atom stereocenters. The van der Waals surface area contributed by atoms with Gasteiger partial charge in [0.2, 0.25) is 0 Å². The molecule has 0 saturated carbocycles. The van der Waals surface area contributed by atoms with Gasteiger partial charge in [-0.2, -0.15) is 0 Å². The number of carbonyl (C=O) groups excluding carboxylic acids is 1. The van der Waals surface area contributed by atoms with Gasteiger partial charge in [-0.25, -0.2) is 0 Å². The number of hydrogen-bond acceptors (Lipinski definition) is 2. The van der Waals surface area contributed by atoms with Crippen molar-refractivity contribution < 1.29 is 9.53 Å². The minimum atomic E-state index is -0.134. The molecule has 0 heterocycles. The summed E-state index contributed by atoms with van der Waals surface area (Å²) in [5, 5.41) is 2.88. The Kier molecular flexibility index (Phi) is 5.19. The van der Waals surface area contributed by atoms with Gasteiger partial charge in [0.25, 0.3) is 5.91 Å². The average Bonchev–Trinajstić information content (AvgIpc) is 2.60. The summed E-state index contributed by atoms with van der Waals surface area (Å²) in [5.41, 5.74) is 4.85. The van der Waals surface area contributed by atoms with Crippen LogP contribution in [0, 0.1) is 0 Å². The minimum absolute atomic E-state index is 0.0325. The largest absolute Gasteiger partial charge is 0.484 e. The Bertz CT molecular complexity index is 704. The lowest BCUT2D eigenvalue weighted by Gasteiger charge is -2.16. The summed E-state index contributed by atoms with van der Waals surface area (Å²) in [6, 6.07) is 14.1. The Labute approximate surface area is 144 Å². The highest BCUT2D eigenvalue weighted by molar-refractivity contribution is 5.91. The number of ether oxygens (including phenoxy) is 1. The minimum Gasteiger partial charge on any atom is -0.484 e. The summed E-state index contributed by atoms with van der Waals surface area (Å²) < 4.78 is 5.66. The van der Waals surface area contributed by atoms with Crippen molar-refractivity contribution in [3.05, 3.63) is 59.2 Å². The standard InChI is InChI=1S/C21H25NO2/c1-15(2)16-7-10-19(11-8-16)22-21(23)14-24-20-12-9-17-5-3-4-6-18(17)13-20/h7-13,15H,3-6,14H2,1-2H3,(H,22,23). The number of carbonyl (C=O) groups is 1. The first-order valence-corrected chi connectivity index (χ1v) is 8.76. The van der Waals surface area contributed by atoms with Gasteiger partial charge in [0.15, 0.2) is 6.61 Å². The molecule has 0 atom stereocenters. The SMILES string of the molecule is CC(C)c1ccc(NC(=O)COc2ccc3c(c2)CCCC3)cc1. The lowest BCUT2D eigenvalue weighted by Crippen LogP contribution is -2.20. The molecule has 3 heteroatoms. The summed E-state index contributed by atoms with van der Waals surface area (Å²) >= 11 is 0. The van der Waals surface area contributed by atoms with Crippen LogP contribution < -0.4 is 10.1 Å². The van der Waals surface area contributed by atoms with Crippen molar-refractivity contribution in [1.29, 1.82) is 0 Å². The zero-order valence-electron chi connectivity index (χ0n) is 14.5. The summed E-state index contributed by atoms with van der Waals surface area (Å²) in [4.78, 5) is 12.1. The van der Waals surface area contributed by atoms with Gasteiger partial charge in [0.05, 0.1) is 0 Å². The first-order valence-electron chi connectivity index (χ1n) is 8.76. The van der Waals surface area contributed by atoms with Crippen LogP contribution >= 0.6 is 0 Å². The predicted octanol–water partition coefficient (Wildman–Crippen LogP) is 4.71. The van der Waals surface area contributed by atoms with E-state index in [4.69, 9.17) is 4.74 Å². The van der Waals surface area contributed by atoms with Crippen LogP contribution in [0.2, 0.25) is 0 Å². The second-order valence-corrected chi connectivity index (χ2v) is 6.75. The molecule has 0 aromatic heterocycles. The molecule has 24 heavy (non-hydrogen) atoms. The van der Waals surface area contributed by atoms with Crippen molar-refractivity contribution in [2.75, 3.05) is 11.9 Å². The van der Waals surface area contributed by atoms with E-state index in [-0.39, 0.29) is 12.5 Å². The summed E-state index contributed by atoms with van der Waals surface area (Å²) in [6.07, 6.45) is 4.78. The summed E-state index contributed by atoms with van der Waals surface area (Å²) in [7, 11) is 0. The number of aryl methyl sites for hydroxylation is 2. The van der Waals surface area contributed by atoms with Crippen LogP contribution in [0.15, 0.2) is 42.5 Å². The molecule has 0 fully saturated rings. The van der Waals surface area contributed by atoms with E-state index in [9.17, 15) is 4.79 Å². The maximum Gasteiger partial charge on any atom is 0.262 e. The number of benzene rings is 2. The van der Waals surface area contributed by atoms with Crippen LogP contribution in [0.1, 0.15) is 49.3 Å². The van der Waals surface area contributed by atoms with E-state index in [0.717, 1.165) is 24.3 Å². The summed E-state index contributed by atoms with van der Waals surface area (Å²) in [6.45, 7) is 4.34. The van der Waals surface area contributed by atoms with Gasteiger partial charge >= 0.3 is 0 Å². The summed E-state index contributed by atoms with van der Waals surface area (Å²) in [5.74, 6) is 1.13. The van der Waals surface area contributed by atoms with Crippen molar-refractivity contribution in [2.45, 2.75) is 45.4 Å². The zero-order chi connectivity index (χ0) is 16.9. The van der Waals surface area contributed by atoms with E-state index in [1.165, 1.54) is 29.5 Å². The molecule has 0 bridgehead atoms.